The molecule has 0 saturated heterocycles. The second-order valence-electron chi connectivity index (χ2n) is 7.19. The number of nitrogens with zero attached hydrogens (tertiary/aromatic N) is 3. The molecule has 0 radical (unpaired) electrons. The summed E-state index contributed by atoms with van der Waals surface area (Å²) in [6.45, 7) is 2.58. The lowest BCUT2D eigenvalue weighted by Gasteiger charge is -2.12. The molecule has 0 N–H and O–H groups in total. The van der Waals surface area contributed by atoms with Gasteiger partial charge in [0.25, 0.3) is 5.56 Å². The fraction of sp³-hybridized carbons (Fsp3) is 0.0833. The van der Waals surface area contributed by atoms with Crippen LogP contribution in [0.4, 0.5) is 0 Å². The summed E-state index contributed by atoms with van der Waals surface area (Å²) in [5.41, 5.74) is 3.63. The standard InChI is InChI=1S/C24H18ClN3O/c1-16-12-23(29)28-15-22(19-8-10-21(25)11-9-19)26-24(28)27(16)14-17-6-7-18-4-2-3-5-20(18)13-17/h2-13,15H,14H2,1H3. The number of halogens is 1. The second-order valence-corrected chi connectivity index (χ2v) is 7.63. The van der Waals surface area contributed by atoms with Crippen LogP contribution in [0.2, 0.25) is 5.02 Å². The highest BCUT2D eigenvalue weighted by atomic mass is 35.5. The molecule has 0 amide bonds. The van der Waals surface area contributed by atoms with Gasteiger partial charge in [-0.25, -0.2) is 4.98 Å². The van der Waals surface area contributed by atoms with Crippen molar-refractivity contribution in [3.05, 3.63) is 106 Å². The van der Waals surface area contributed by atoms with Gasteiger partial charge in [-0.1, -0.05) is 60.1 Å². The topological polar surface area (TPSA) is 39.3 Å². The fourth-order valence-electron chi connectivity index (χ4n) is 3.68. The molecule has 29 heavy (non-hydrogen) atoms. The maximum Gasteiger partial charge on any atom is 0.259 e. The van der Waals surface area contributed by atoms with Crippen LogP contribution in [0.1, 0.15) is 11.3 Å². The van der Waals surface area contributed by atoms with Crippen molar-refractivity contribution < 1.29 is 0 Å². The van der Waals surface area contributed by atoms with E-state index in [2.05, 4.69) is 34.9 Å². The van der Waals surface area contributed by atoms with Crippen molar-refractivity contribution in [3.8, 4) is 11.3 Å². The third kappa shape index (κ3) is 3.22. The van der Waals surface area contributed by atoms with Gasteiger partial charge in [-0.15, -0.1) is 0 Å². The van der Waals surface area contributed by atoms with Crippen LogP contribution >= 0.6 is 11.6 Å². The van der Waals surface area contributed by atoms with E-state index in [-0.39, 0.29) is 5.56 Å². The first kappa shape index (κ1) is 17.7. The third-order valence-electron chi connectivity index (χ3n) is 5.22. The Labute approximate surface area is 172 Å². The van der Waals surface area contributed by atoms with E-state index in [0.717, 1.165) is 22.5 Å². The number of aromatic nitrogens is 3. The number of hydrogen-bond donors (Lipinski definition) is 0. The van der Waals surface area contributed by atoms with E-state index in [0.29, 0.717) is 17.3 Å². The van der Waals surface area contributed by atoms with E-state index in [4.69, 9.17) is 16.6 Å². The molecule has 142 valence electrons. The molecule has 0 bridgehead atoms. The summed E-state index contributed by atoms with van der Waals surface area (Å²) in [4.78, 5) is 17.3. The van der Waals surface area contributed by atoms with E-state index < -0.39 is 0 Å². The highest BCUT2D eigenvalue weighted by molar-refractivity contribution is 6.30. The maximum absolute atomic E-state index is 12.6. The van der Waals surface area contributed by atoms with E-state index in [1.165, 1.54) is 10.8 Å². The SMILES string of the molecule is Cc1cc(=O)n2cc(-c3ccc(Cl)cc3)nc2n1Cc1ccc2ccccc2c1. The molecule has 2 heterocycles. The largest absolute Gasteiger partial charge is 0.311 e. The van der Waals surface area contributed by atoms with Crippen molar-refractivity contribution in [2.24, 2.45) is 0 Å². The monoisotopic (exact) mass is 399 g/mol. The van der Waals surface area contributed by atoms with Crippen molar-refractivity contribution in [3.63, 3.8) is 0 Å². The second kappa shape index (κ2) is 6.90. The Morgan fingerprint density at radius 3 is 2.48 bits per heavy atom. The van der Waals surface area contributed by atoms with E-state index in [1.54, 1.807) is 16.7 Å². The summed E-state index contributed by atoms with van der Waals surface area (Å²) in [7, 11) is 0. The molecule has 0 aliphatic rings. The highest BCUT2D eigenvalue weighted by Crippen LogP contribution is 2.22. The van der Waals surface area contributed by atoms with Gasteiger partial charge in [-0.05, 0) is 41.5 Å². The van der Waals surface area contributed by atoms with Crippen LogP contribution in [0.15, 0.2) is 83.8 Å². The summed E-state index contributed by atoms with van der Waals surface area (Å²) in [6, 6.07) is 23.9. The van der Waals surface area contributed by atoms with E-state index >= 15 is 0 Å². The lowest BCUT2D eigenvalue weighted by molar-refractivity contribution is 0.749. The number of imidazole rings is 1. The van der Waals surface area contributed by atoms with Crippen LogP contribution in [0.3, 0.4) is 0 Å². The molecule has 0 unspecified atom stereocenters. The van der Waals surface area contributed by atoms with Crippen molar-refractivity contribution in [1.29, 1.82) is 0 Å². The molecule has 0 atom stereocenters. The summed E-state index contributed by atoms with van der Waals surface area (Å²) < 4.78 is 3.68. The minimum Gasteiger partial charge on any atom is -0.311 e. The predicted molar refractivity (Wildman–Crippen MR) is 118 cm³/mol. The molecule has 0 saturated carbocycles. The summed E-state index contributed by atoms with van der Waals surface area (Å²) >= 11 is 6.00. The van der Waals surface area contributed by atoms with Crippen LogP contribution in [0, 0.1) is 6.92 Å². The summed E-state index contributed by atoms with van der Waals surface area (Å²) in [5.74, 6) is 0.633. The summed E-state index contributed by atoms with van der Waals surface area (Å²) in [6.07, 6.45) is 1.79. The quantitative estimate of drug-likeness (QED) is 0.411. The molecule has 5 rings (SSSR count). The molecular formula is C24H18ClN3O. The highest BCUT2D eigenvalue weighted by Gasteiger charge is 2.12. The number of hydrogen-bond acceptors (Lipinski definition) is 2. The molecule has 0 aliphatic heterocycles. The maximum atomic E-state index is 12.6. The molecule has 5 aromatic rings. The van der Waals surface area contributed by atoms with Gasteiger partial charge in [0.1, 0.15) is 0 Å². The molecule has 4 nitrogen and oxygen atoms in total. The molecular weight excluding hydrogens is 382 g/mol. The average Bonchev–Trinajstić information content (AvgIpc) is 3.17. The van der Waals surface area contributed by atoms with Gasteiger partial charge in [0.05, 0.1) is 12.2 Å². The lowest BCUT2D eigenvalue weighted by Crippen LogP contribution is -2.19. The zero-order valence-electron chi connectivity index (χ0n) is 15.8. The lowest BCUT2D eigenvalue weighted by atomic mass is 10.1. The molecule has 0 spiro atoms. The van der Waals surface area contributed by atoms with Gasteiger partial charge in [-0.3, -0.25) is 9.20 Å². The number of fused-ring (bicyclic) bond motifs is 2. The minimum absolute atomic E-state index is 0.0834. The predicted octanol–water partition coefficient (Wildman–Crippen LogP) is 5.33. The van der Waals surface area contributed by atoms with Crippen LogP contribution in [0.5, 0.6) is 0 Å². The fourth-order valence-corrected chi connectivity index (χ4v) is 3.81. The van der Waals surface area contributed by atoms with E-state index in [1.807, 2.05) is 43.3 Å². The Kier molecular flexibility index (Phi) is 4.22. The number of benzene rings is 3. The van der Waals surface area contributed by atoms with Crippen LogP contribution in [-0.4, -0.2) is 14.0 Å². The van der Waals surface area contributed by atoms with Crippen molar-refractivity contribution in [2.75, 3.05) is 0 Å². The Bertz CT molecular complexity index is 1410. The smallest absolute Gasteiger partial charge is 0.259 e. The summed E-state index contributed by atoms with van der Waals surface area (Å²) in [5, 5.41) is 3.08. The first-order valence-corrected chi connectivity index (χ1v) is 9.79. The van der Waals surface area contributed by atoms with Crippen molar-refractivity contribution in [1.82, 2.24) is 14.0 Å². The van der Waals surface area contributed by atoms with Crippen LogP contribution in [0.25, 0.3) is 27.8 Å². The van der Waals surface area contributed by atoms with Crippen molar-refractivity contribution in [2.45, 2.75) is 13.5 Å². The first-order valence-electron chi connectivity index (χ1n) is 9.42. The van der Waals surface area contributed by atoms with Crippen LogP contribution in [-0.2, 0) is 6.54 Å². The molecule has 0 fully saturated rings. The van der Waals surface area contributed by atoms with Crippen LogP contribution < -0.4 is 5.56 Å². The van der Waals surface area contributed by atoms with Gasteiger partial charge in [-0.2, -0.15) is 0 Å². The third-order valence-corrected chi connectivity index (χ3v) is 5.47. The Morgan fingerprint density at radius 1 is 0.931 bits per heavy atom. The normalized spacial score (nSPS) is 11.4. The average molecular weight is 400 g/mol. The molecule has 2 aromatic heterocycles. The minimum atomic E-state index is -0.0834. The molecule has 0 aliphatic carbocycles. The number of aryl methyl sites for hydroxylation is 1. The van der Waals surface area contributed by atoms with Gasteiger partial charge in [0, 0.05) is 28.5 Å². The first-order chi connectivity index (χ1) is 14.1. The zero-order valence-corrected chi connectivity index (χ0v) is 16.6. The number of rotatable bonds is 3. The molecule has 5 heteroatoms. The van der Waals surface area contributed by atoms with Gasteiger partial charge in [0.2, 0.25) is 5.78 Å². The Morgan fingerprint density at radius 2 is 1.69 bits per heavy atom. The Hall–Kier alpha value is -3.37. The zero-order chi connectivity index (χ0) is 20.0. The van der Waals surface area contributed by atoms with Gasteiger partial charge >= 0.3 is 0 Å². The Balaban J connectivity index is 1.64. The van der Waals surface area contributed by atoms with Gasteiger partial charge in [0.15, 0.2) is 0 Å². The van der Waals surface area contributed by atoms with Crippen molar-refractivity contribution >= 4 is 28.2 Å². The molecule has 3 aromatic carbocycles. The van der Waals surface area contributed by atoms with Gasteiger partial charge < -0.3 is 4.57 Å². The van der Waals surface area contributed by atoms with E-state index in [9.17, 15) is 4.79 Å².